The monoisotopic (exact) mass is 515 g/mol. The Hall–Kier alpha value is -3.75. The molecular formula is C30H33N3O5. The van der Waals surface area contributed by atoms with Gasteiger partial charge in [0.25, 0.3) is 5.91 Å². The number of carbonyl (C=O) groups excluding carboxylic acids is 3. The van der Waals surface area contributed by atoms with Crippen molar-refractivity contribution in [1.29, 1.82) is 0 Å². The number of fused-ring (bicyclic) bond motifs is 2. The van der Waals surface area contributed by atoms with Crippen LogP contribution in [-0.2, 0) is 33.0 Å². The molecule has 3 heterocycles. The molecule has 3 aliphatic heterocycles. The first kappa shape index (κ1) is 25.9. The van der Waals surface area contributed by atoms with Gasteiger partial charge in [0.2, 0.25) is 11.8 Å². The lowest BCUT2D eigenvalue weighted by molar-refractivity contribution is -0.139. The number of hydrogen-bond acceptors (Lipinski definition) is 5. The Morgan fingerprint density at radius 1 is 1.21 bits per heavy atom. The van der Waals surface area contributed by atoms with Crippen LogP contribution in [0.4, 0.5) is 11.4 Å². The molecule has 5 rings (SSSR count). The number of benzene rings is 2. The molecule has 0 bridgehead atoms. The smallest absolute Gasteiger partial charge is 0.264 e. The van der Waals surface area contributed by atoms with E-state index in [0.717, 1.165) is 11.1 Å². The third kappa shape index (κ3) is 4.23. The molecule has 1 saturated heterocycles. The molecule has 0 unspecified atom stereocenters. The standard InChI is InChI=1S/C30H33N3O5/c1-3-14-32-26-12-11-23(31-15-13-28(31)36)17-25(26)30(38,29(32)37)20(2)7-6-10-27(35)33-18-22-9-5-4-8-21(22)16-24(33)19-34/h3-9,11-12,17,20,24,34,38H,1,10,13-16,18-19H2,2H3/b7-6+/t20-,24-,30+/m0/s1. The molecule has 0 saturated carbocycles. The lowest BCUT2D eigenvalue weighted by Crippen LogP contribution is -2.46. The van der Waals surface area contributed by atoms with Crippen molar-refractivity contribution in [1.82, 2.24) is 4.90 Å². The van der Waals surface area contributed by atoms with E-state index in [1.807, 2.05) is 24.3 Å². The van der Waals surface area contributed by atoms with Crippen LogP contribution in [-0.4, -0.2) is 58.6 Å². The van der Waals surface area contributed by atoms with Crippen molar-refractivity contribution in [2.75, 3.05) is 29.5 Å². The van der Waals surface area contributed by atoms with E-state index >= 15 is 0 Å². The van der Waals surface area contributed by atoms with Gasteiger partial charge in [-0.25, -0.2) is 0 Å². The highest BCUT2D eigenvalue weighted by Crippen LogP contribution is 2.47. The molecule has 0 aliphatic carbocycles. The van der Waals surface area contributed by atoms with Crippen LogP contribution in [0.25, 0.3) is 0 Å². The van der Waals surface area contributed by atoms with E-state index in [2.05, 4.69) is 6.58 Å². The van der Waals surface area contributed by atoms with E-state index in [1.165, 1.54) is 4.90 Å². The average molecular weight is 516 g/mol. The fraction of sp³-hybridized carbons (Fsp3) is 0.367. The molecule has 8 heteroatoms. The Bertz CT molecular complexity index is 1320. The summed E-state index contributed by atoms with van der Waals surface area (Å²) in [6.07, 6.45) is 6.16. The van der Waals surface area contributed by atoms with Gasteiger partial charge in [0, 0.05) is 49.6 Å². The average Bonchev–Trinajstić information content (AvgIpc) is 3.13. The first-order chi connectivity index (χ1) is 18.3. The maximum Gasteiger partial charge on any atom is 0.264 e. The molecule has 0 aromatic heterocycles. The summed E-state index contributed by atoms with van der Waals surface area (Å²) in [7, 11) is 0. The van der Waals surface area contributed by atoms with Crippen LogP contribution in [0.3, 0.4) is 0 Å². The number of nitrogens with zero attached hydrogens (tertiary/aromatic N) is 3. The maximum atomic E-state index is 13.5. The summed E-state index contributed by atoms with van der Waals surface area (Å²) < 4.78 is 0. The minimum absolute atomic E-state index is 0.00809. The Labute approximate surface area is 222 Å². The van der Waals surface area contributed by atoms with Gasteiger partial charge in [0.15, 0.2) is 5.60 Å². The lowest BCUT2D eigenvalue weighted by atomic mass is 9.82. The topological polar surface area (TPSA) is 101 Å². The number of carbonyl (C=O) groups is 3. The summed E-state index contributed by atoms with van der Waals surface area (Å²) in [5.41, 5.74) is 2.05. The van der Waals surface area contributed by atoms with Gasteiger partial charge in [-0.15, -0.1) is 6.58 Å². The Kier molecular flexibility index (Phi) is 6.94. The first-order valence-electron chi connectivity index (χ1n) is 13.0. The predicted molar refractivity (Wildman–Crippen MR) is 144 cm³/mol. The zero-order valence-corrected chi connectivity index (χ0v) is 21.5. The number of rotatable bonds is 8. The van der Waals surface area contributed by atoms with Crippen LogP contribution >= 0.6 is 0 Å². The summed E-state index contributed by atoms with van der Waals surface area (Å²) in [6.45, 7) is 6.65. The lowest BCUT2D eigenvalue weighted by Gasteiger charge is -2.36. The molecule has 198 valence electrons. The molecule has 2 N–H and O–H groups in total. The van der Waals surface area contributed by atoms with Crippen LogP contribution in [0.5, 0.6) is 0 Å². The van der Waals surface area contributed by atoms with Gasteiger partial charge >= 0.3 is 0 Å². The van der Waals surface area contributed by atoms with Crippen molar-refractivity contribution in [2.24, 2.45) is 5.92 Å². The molecule has 3 aliphatic rings. The number of anilines is 2. The first-order valence-corrected chi connectivity index (χ1v) is 13.0. The number of hydrogen-bond donors (Lipinski definition) is 2. The second kappa shape index (κ2) is 10.2. The summed E-state index contributed by atoms with van der Waals surface area (Å²) >= 11 is 0. The maximum absolute atomic E-state index is 13.5. The summed E-state index contributed by atoms with van der Waals surface area (Å²) in [4.78, 5) is 43.5. The summed E-state index contributed by atoms with van der Waals surface area (Å²) in [6, 6.07) is 12.9. The molecule has 3 amide bonds. The molecule has 2 aromatic carbocycles. The largest absolute Gasteiger partial charge is 0.394 e. The van der Waals surface area contributed by atoms with Crippen molar-refractivity contribution in [3.63, 3.8) is 0 Å². The van der Waals surface area contributed by atoms with E-state index in [0.29, 0.717) is 42.9 Å². The van der Waals surface area contributed by atoms with Gasteiger partial charge in [-0.3, -0.25) is 14.4 Å². The molecule has 2 aromatic rings. The fourth-order valence-electron chi connectivity index (χ4n) is 5.67. The van der Waals surface area contributed by atoms with Crippen LogP contribution < -0.4 is 9.80 Å². The van der Waals surface area contributed by atoms with E-state index in [4.69, 9.17) is 0 Å². The van der Waals surface area contributed by atoms with Gasteiger partial charge in [-0.2, -0.15) is 0 Å². The van der Waals surface area contributed by atoms with Gasteiger partial charge in [0.1, 0.15) is 0 Å². The second-order valence-electron chi connectivity index (χ2n) is 10.2. The number of aliphatic hydroxyl groups excluding tert-OH is 1. The van der Waals surface area contributed by atoms with Crippen LogP contribution in [0.1, 0.15) is 36.5 Å². The van der Waals surface area contributed by atoms with E-state index in [9.17, 15) is 24.6 Å². The van der Waals surface area contributed by atoms with Crippen molar-refractivity contribution in [2.45, 2.75) is 44.4 Å². The third-order valence-corrected chi connectivity index (χ3v) is 7.99. The number of amides is 3. The molecule has 1 fully saturated rings. The summed E-state index contributed by atoms with van der Waals surface area (Å²) in [5, 5.41) is 21.7. The van der Waals surface area contributed by atoms with Crippen LogP contribution in [0, 0.1) is 5.92 Å². The van der Waals surface area contributed by atoms with Crippen molar-refractivity contribution in [3.8, 4) is 0 Å². The minimum atomic E-state index is -1.85. The zero-order chi connectivity index (χ0) is 27.0. The van der Waals surface area contributed by atoms with Gasteiger partial charge in [0.05, 0.1) is 18.3 Å². The predicted octanol–water partition coefficient (Wildman–Crippen LogP) is 2.67. The minimum Gasteiger partial charge on any atom is -0.394 e. The molecule has 8 nitrogen and oxygen atoms in total. The van der Waals surface area contributed by atoms with E-state index in [1.54, 1.807) is 53.2 Å². The van der Waals surface area contributed by atoms with Gasteiger partial charge in [-0.1, -0.05) is 49.4 Å². The quantitative estimate of drug-likeness (QED) is 0.416. The fourth-order valence-corrected chi connectivity index (χ4v) is 5.67. The van der Waals surface area contributed by atoms with E-state index < -0.39 is 17.4 Å². The highest BCUT2D eigenvalue weighted by molar-refractivity contribution is 6.08. The molecule has 0 spiro atoms. The van der Waals surface area contributed by atoms with Crippen LogP contribution in [0.15, 0.2) is 67.3 Å². The Morgan fingerprint density at radius 3 is 2.63 bits per heavy atom. The zero-order valence-electron chi connectivity index (χ0n) is 21.5. The van der Waals surface area contributed by atoms with Crippen LogP contribution in [0.2, 0.25) is 0 Å². The van der Waals surface area contributed by atoms with Crippen molar-refractivity contribution < 1.29 is 24.6 Å². The SMILES string of the molecule is C=CCN1C(=O)[C@@](O)([C@@H](C)/C=C/CC(=O)N2Cc3ccccc3C[C@H]2CO)c2cc(N3CCC3=O)ccc21. The second-order valence-corrected chi connectivity index (χ2v) is 10.2. The molecule has 3 atom stereocenters. The van der Waals surface area contributed by atoms with Gasteiger partial charge < -0.3 is 24.9 Å². The Balaban J connectivity index is 1.36. The number of β-lactam (4-membered cyclic amide) rings is 1. The highest BCUT2D eigenvalue weighted by atomic mass is 16.3. The number of aliphatic hydroxyl groups is 2. The molecule has 38 heavy (non-hydrogen) atoms. The van der Waals surface area contributed by atoms with E-state index in [-0.39, 0.29) is 37.4 Å². The van der Waals surface area contributed by atoms with Crippen molar-refractivity contribution in [3.05, 3.63) is 84.0 Å². The normalized spacial score (nSPS) is 23.3. The summed E-state index contributed by atoms with van der Waals surface area (Å²) in [5.74, 6) is -1.22. The molecule has 0 radical (unpaired) electrons. The van der Waals surface area contributed by atoms with Gasteiger partial charge in [-0.05, 0) is 35.7 Å². The van der Waals surface area contributed by atoms with Crippen molar-refractivity contribution >= 4 is 29.1 Å². The molecular weight excluding hydrogens is 482 g/mol. The third-order valence-electron chi connectivity index (χ3n) is 7.99. The highest BCUT2D eigenvalue weighted by Gasteiger charge is 2.52. The Morgan fingerprint density at radius 2 is 1.97 bits per heavy atom.